The van der Waals surface area contributed by atoms with Gasteiger partial charge < -0.3 is 14.6 Å². The Morgan fingerprint density at radius 2 is 1.85 bits per heavy atom. The number of ether oxygens (including phenoxy) is 1. The van der Waals surface area contributed by atoms with E-state index in [1.165, 1.54) is 6.92 Å². The molecule has 1 aliphatic heterocycles. The lowest BCUT2D eigenvalue weighted by atomic mass is 10.2. The molecule has 3 rings (SSSR count). The Bertz CT molecular complexity index is 827. The zero-order valence-corrected chi connectivity index (χ0v) is 15.5. The second-order valence-electron chi connectivity index (χ2n) is 6.35. The molecule has 7 heteroatoms. The molecule has 1 aromatic carbocycles. The van der Waals surface area contributed by atoms with Crippen molar-refractivity contribution in [1.29, 1.82) is 0 Å². The third kappa shape index (κ3) is 4.72. The van der Waals surface area contributed by atoms with Crippen LogP contribution in [0, 0.1) is 0 Å². The lowest BCUT2D eigenvalue weighted by molar-refractivity contribution is -0.132. The summed E-state index contributed by atoms with van der Waals surface area (Å²) in [6.07, 6.45) is 1.75. The van der Waals surface area contributed by atoms with Gasteiger partial charge in [0.1, 0.15) is 0 Å². The van der Waals surface area contributed by atoms with E-state index in [0.29, 0.717) is 18.1 Å². The van der Waals surface area contributed by atoms with Gasteiger partial charge in [0, 0.05) is 56.4 Å². The molecule has 1 saturated heterocycles. The second kappa shape index (κ2) is 8.49. The van der Waals surface area contributed by atoms with Crippen LogP contribution in [0.15, 0.2) is 41.3 Å². The lowest BCUT2D eigenvalue weighted by Gasteiger charge is -2.27. The Hall–Kier alpha value is -2.15. The molecule has 1 aliphatic rings. The van der Waals surface area contributed by atoms with Crippen molar-refractivity contribution in [3.63, 3.8) is 0 Å². The molecule has 2 aromatic rings. The number of benzene rings is 1. The maximum atomic E-state index is 12.9. The molecule has 0 bridgehead atoms. The first-order valence-corrected chi connectivity index (χ1v) is 8.99. The minimum Gasteiger partial charge on any atom is -0.420 e. The van der Waals surface area contributed by atoms with Gasteiger partial charge in [-0.25, -0.2) is 0 Å². The van der Waals surface area contributed by atoms with Crippen molar-refractivity contribution in [2.24, 2.45) is 0 Å². The van der Waals surface area contributed by atoms with Crippen LogP contribution in [-0.4, -0.2) is 41.6 Å². The Balaban J connectivity index is 1.88. The number of hydrogen-bond acceptors (Lipinski definition) is 5. The Morgan fingerprint density at radius 3 is 2.50 bits per heavy atom. The Morgan fingerprint density at radius 1 is 1.15 bits per heavy atom. The normalized spacial score (nSPS) is 15.0. The number of esters is 1. The average Bonchev–Trinajstić information content (AvgIpc) is 2.63. The summed E-state index contributed by atoms with van der Waals surface area (Å²) in [6.45, 7) is 5.90. The summed E-state index contributed by atoms with van der Waals surface area (Å²) >= 11 is 5.91. The smallest absolute Gasteiger partial charge is 0.308 e. The van der Waals surface area contributed by atoms with Crippen LogP contribution in [-0.2, 0) is 17.9 Å². The van der Waals surface area contributed by atoms with Crippen molar-refractivity contribution in [1.82, 2.24) is 14.8 Å². The molecular formula is C19H22ClN3O3. The molecule has 2 heterocycles. The van der Waals surface area contributed by atoms with Gasteiger partial charge in [-0.2, -0.15) is 0 Å². The first-order valence-electron chi connectivity index (χ1n) is 8.61. The van der Waals surface area contributed by atoms with Crippen molar-refractivity contribution in [3.05, 3.63) is 63.0 Å². The molecule has 0 atom stereocenters. The summed E-state index contributed by atoms with van der Waals surface area (Å²) in [5.74, 6) is -0.375. The van der Waals surface area contributed by atoms with Crippen LogP contribution in [0.25, 0.3) is 0 Å². The number of hydrogen-bond donors (Lipinski definition) is 1. The Labute approximate surface area is 157 Å². The van der Waals surface area contributed by atoms with Crippen molar-refractivity contribution in [2.45, 2.75) is 20.0 Å². The number of halogens is 1. The number of nitrogens with one attached hydrogen (secondary N) is 1. The quantitative estimate of drug-likeness (QED) is 0.808. The zero-order chi connectivity index (χ0) is 18.5. The number of pyridine rings is 1. The lowest BCUT2D eigenvalue weighted by Crippen LogP contribution is -2.43. The van der Waals surface area contributed by atoms with E-state index >= 15 is 0 Å². The predicted molar refractivity (Wildman–Crippen MR) is 101 cm³/mol. The summed E-state index contributed by atoms with van der Waals surface area (Å²) in [6, 6.07) is 9.17. The maximum absolute atomic E-state index is 12.9. The van der Waals surface area contributed by atoms with E-state index in [9.17, 15) is 9.59 Å². The van der Waals surface area contributed by atoms with Gasteiger partial charge in [-0.15, -0.1) is 0 Å². The summed E-state index contributed by atoms with van der Waals surface area (Å²) < 4.78 is 6.82. The zero-order valence-electron chi connectivity index (χ0n) is 14.7. The summed E-state index contributed by atoms with van der Waals surface area (Å²) in [5, 5.41) is 3.94. The molecule has 26 heavy (non-hydrogen) atoms. The molecule has 0 saturated carbocycles. The topological polar surface area (TPSA) is 63.6 Å². The standard InChI is InChI=1S/C19H22ClN3O3/c1-14(24)26-18-16(13-22-10-7-21-8-11-22)6-9-23(19(18)25)12-15-2-4-17(20)5-3-15/h2-6,9,21H,7-8,10-13H2,1H3. The third-order valence-electron chi connectivity index (χ3n) is 4.32. The fourth-order valence-electron chi connectivity index (χ4n) is 2.99. The second-order valence-corrected chi connectivity index (χ2v) is 6.79. The van der Waals surface area contributed by atoms with Crippen LogP contribution in [0.5, 0.6) is 5.75 Å². The van der Waals surface area contributed by atoms with E-state index in [1.54, 1.807) is 22.9 Å². The van der Waals surface area contributed by atoms with Gasteiger partial charge >= 0.3 is 5.97 Å². The van der Waals surface area contributed by atoms with Gasteiger partial charge in [0.15, 0.2) is 0 Å². The molecule has 6 nitrogen and oxygen atoms in total. The highest BCUT2D eigenvalue weighted by atomic mass is 35.5. The first kappa shape index (κ1) is 18.6. The minimum absolute atomic E-state index is 0.118. The first-order chi connectivity index (χ1) is 12.5. The monoisotopic (exact) mass is 375 g/mol. The van der Waals surface area contributed by atoms with E-state index in [0.717, 1.165) is 37.3 Å². The number of nitrogens with zero attached hydrogens (tertiary/aromatic N) is 2. The van der Waals surface area contributed by atoms with Gasteiger partial charge in [-0.05, 0) is 23.8 Å². The van der Waals surface area contributed by atoms with E-state index in [1.807, 2.05) is 18.2 Å². The van der Waals surface area contributed by atoms with Crippen molar-refractivity contribution in [2.75, 3.05) is 26.2 Å². The van der Waals surface area contributed by atoms with E-state index in [-0.39, 0.29) is 11.3 Å². The van der Waals surface area contributed by atoms with Crippen LogP contribution >= 0.6 is 11.6 Å². The highest BCUT2D eigenvalue weighted by Crippen LogP contribution is 2.17. The Kier molecular flexibility index (Phi) is 6.08. The van der Waals surface area contributed by atoms with Gasteiger partial charge in [0.2, 0.25) is 5.75 Å². The van der Waals surface area contributed by atoms with Crippen LogP contribution in [0.1, 0.15) is 18.1 Å². The molecule has 0 amide bonds. The van der Waals surface area contributed by atoms with Crippen molar-refractivity contribution in [3.8, 4) is 5.75 Å². The van der Waals surface area contributed by atoms with Gasteiger partial charge in [-0.3, -0.25) is 14.5 Å². The molecule has 0 spiro atoms. The number of piperazine rings is 1. The van der Waals surface area contributed by atoms with Gasteiger partial charge in [-0.1, -0.05) is 23.7 Å². The van der Waals surface area contributed by atoms with E-state index < -0.39 is 5.97 Å². The SMILES string of the molecule is CC(=O)Oc1c(CN2CCNCC2)ccn(Cc2ccc(Cl)cc2)c1=O. The number of carbonyl (C=O) groups is 1. The minimum atomic E-state index is -0.493. The van der Waals surface area contributed by atoms with E-state index in [2.05, 4.69) is 10.2 Å². The highest BCUT2D eigenvalue weighted by molar-refractivity contribution is 6.30. The van der Waals surface area contributed by atoms with Gasteiger partial charge in [0.05, 0.1) is 6.54 Å². The molecule has 1 fully saturated rings. The molecule has 0 aliphatic carbocycles. The van der Waals surface area contributed by atoms with Crippen LogP contribution in [0.4, 0.5) is 0 Å². The maximum Gasteiger partial charge on any atom is 0.308 e. The fraction of sp³-hybridized carbons (Fsp3) is 0.368. The van der Waals surface area contributed by atoms with Crippen LogP contribution in [0.3, 0.4) is 0 Å². The molecule has 0 unspecified atom stereocenters. The van der Waals surface area contributed by atoms with Crippen molar-refractivity contribution < 1.29 is 9.53 Å². The fourth-order valence-corrected chi connectivity index (χ4v) is 3.12. The predicted octanol–water partition coefficient (Wildman–Crippen LogP) is 1.88. The summed E-state index contributed by atoms with van der Waals surface area (Å²) in [4.78, 5) is 26.6. The molecule has 1 aromatic heterocycles. The van der Waals surface area contributed by atoms with Crippen LogP contribution in [0.2, 0.25) is 5.02 Å². The summed E-state index contributed by atoms with van der Waals surface area (Å²) in [5.41, 5.74) is 1.38. The number of carbonyl (C=O) groups excluding carboxylic acids is 1. The number of aromatic nitrogens is 1. The molecular weight excluding hydrogens is 354 g/mol. The molecule has 138 valence electrons. The highest BCUT2D eigenvalue weighted by Gasteiger charge is 2.18. The third-order valence-corrected chi connectivity index (χ3v) is 4.57. The molecule has 1 N–H and O–H groups in total. The summed E-state index contributed by atoms with van der Waals surface area (Å²) in [7, 11) is 0. The van der Waals surface area contributed by atoms with Gasteiger partial charge in [0.25, 0.3) is 5.56 Å². The van der Waals surface area contributed by atoms with E-state index in [4.69, 9.17) is 16.3 Å². The van der Waals surface area contributed by atoms with Crippen molar-refractivity contribution >= 4 is 17.6 Å². The largest absolute Gasteiger partial charge is 0.420 e. The average molecular weight is 376 g/mol. The number of rotatable bonds is 5. The molecule has 0 radical (unpaired) electrons. The van der Waals surface area contributed by atoms with Crippen LogP contribution < -0.4 is 15.6 Å².